The van der Waals surface area contributed by atoms with E-state index in [1.807, 2.05) is 60.7 Å². The largest absolute Gasteiger partial charge is 0.492 e. The number of fused-ring (bicyclic) bond motifs is 1. The third-order valence-corrected chi connectivity index (χ3v) is 3.65. The molecular weight excluding hydrogens is 302 g/mol. The predicted octanol–water partition coefficient (Wildman–Crippen LogP) is 3.98. The van der Waals surface area contributed by atoms with Gasteiger partial charge in [-0.15, -0.1) is 0 Å². The van der Waals surface area contributed by atoms with Crippen LogP contribution >= 0.6 is 0 Å². The van der Waals surface area contributed by atoms with Gasteiger partial charge in [0, 0.05) is 18.5 Å². The summed E-state index contributed by atoms with van der Waals surface area (Å²) in [5.41, 5.74) is 0.814. The van der Waals surface area contributed by atoms with Crippen molar-refractivity contribution in [3.05, 3.63) is 72.5 Å². The van der Waals surface area contributed by atoms with Crippen LogP contribution in [-0.4, -0.2) is 31.0 Å². The second-order valence-electron chi connectivity index (χ2n) is 5.44. The van der Waals surface area contributed by atoms with E-state index in [-0.39, 0.29) is 5.91 Å². The molecule has 0 saturated carbocycles. The molecule has 1 heterocycles. The average molecular weight is 321 g/mol. The zero-order chi connectivity index (χ0) is 16.8. The monoisotopic (exact) mass is 321 g/mol. The summed E-state index contributed by atoms with van der Waals surface area (Å²) in [6, 6.07) is 19.2. The molecule has 0 N–H and O–H groups in total. The highest BCUT2D eigenvalue weighted by Crippen LogP contribution is 2.19. The van der Waals surface area contributed by atoms with Gasteiger partial charge in [-0.25, -0.2) is 0 Å². The van der Waals surface area contributed by atoms with Gasteiger partial charge in [0.05, 0.1) is 6.54 Å². The highest BCUT2D eigenvalue weighted by molar-refractivity contribution is 5.92. The number of para-hydroxylation sites is 2. The van der Waals surface area contributed by atoms with E-state index in [1.54, 1.807) is 18.0 Å². The molecule has 0 aliphatic heterocycles. The number of benzene rings is 2. The molecular formula is C20H19NO3. The number of carbonyl (C=O) groups excluding carboxylic acids is 1. The summed E-state index contributed by atoms with van der Waals surface area (Å²) in [6.45, 7) is 0.961. The summed E-state index contributed by atoms with van der Waals surface area (Å²) in [4.78, 5) is 13.7. The lowest BCUT2D eigenvalue weighted by molar-refractivity contribution is -0.125. The van der Waals surface area contributed by atoms with Gasteiger partial charge in [0.15, 0.2) is 0 Å². The van der Waals surface area contributed by atoms with Crippen molar-refractivity contribution in [2.24, 2.45) is 0 Å². The Morgan fingerprint density at radius 3 is 2.67 bits per heavy atom. The number of amides is 1. The normalized spacial score (nSPS) is 11.0. The Balaban J connectivity index is 1.51. The maximum Gasteiger partial charge on any atom is 0.246 e. The third-order valence-electron chi connectivity index (χ3n) is 3.65. The van der Waals surface area contributed by atoms with E-state index in [1.165, 1.54) is 6.08 Å². The third kappa shape index (κ3) is 4.04. The van der Waals surface area contributed by atoms with Gasteiger partial charge in [-0.05, 0) is 30.3 Å². The quantitative estimate of drug-likeness (QED) is 0.645. The van der Waals surface area contributed by atoms with Crippen LogP contribution < -0.4 is 4.74 Å². The molecule has 0 aliphatic carbocycles. The van der Waals surface area contributed by atoms with E-state index in [0.717, 1.165) is 16.7 Å². The van der Waals surface area contributed by atoms with Crippen molar-refractivity contribution in [3.8, 4) is 5.75 Å². The van der Waals surface area contributed by atoms with Gasteiger partial charge in [0.2, 0.25) is 5.91 Å². The molecule has 0 saturated heterocycles. The number of ether oxygens (including phenoxy) is 1. The topological polar surface area (TPSA) is 42.7 Å². The molecule has 3 rings (SSSR count). The molecule has 4 heteroatoms. The van der Waals surface area contributed by atoms with Gasteiger partial charge < -0.3 is 14.1 Å². The smallest absolute Gasteiger partial charge is 0.246 e. The molecule has 1 aromatic heterocycles. The van der Waals surface area contributed by atoms with Crippen LogP contribution in [0, 0.1) is 0 Å². The number of furan rings is 1. The fourth-order valence-electron chi connectivity index (χ4n) is 2.29. The fraction of sp³-hybridized carbons (Fsp3) is 0.150. The SMILES string of the molecule is CN(CCOc1ccccc1)C(=O)/C=C/c1cc2ccccc2o1. The number of rotatable bonds is 6. The summed E-state index contributed by atoms with van der Waals surface area (Å²) >= 11 is 0. The van der Waals surface area contributed by atoms with Gasteiger partial charge in [-0.2, -0.15) is 0 Å². The van der Waals surface area contributed by atoms with Gasteiger partial charge >= 0.3 is 0 Å². The van der Waals surface area contributed by atoms with Gasteiger partial charge in [0.1, 0.15) is 23.7 Å². The molecule has 0 bridgehead atoms. The number of nitrogens with zero attached hydrogens (tertiary/aromatic N) is 1. The van der Waals surface area contributed by atoms with E-state index in [2.05, 4.69) is 0 Å². The molecule has 0 unspecified atom stereocenters. The van der Waals surface area contributed by atoms with E-state index in [0.29, 0.717) is 18.9 Å². The summed E-state index contributed by atoms with van der Waals surface area (Å²) in [5.74, 6) is 1.38. The minimum atomic E-state index is -0.0906. The van der Waals surface area contributed by atoms with Gasteiger partial charge in [-0.1, -0.05) is 36.4 Å². The zero-order valence-corrected chi connectivity index (χ0v) is 13.5. The van der Waals surface area contributed by atoms with Crippen LogP contribution in [0.15, 0.2) is 71.2 Å². The highest BCUT2D eigenvalue weighted by atomic mass is 16.5. The van der Waals surface area contributed by atoms with Crippen molar-refractivity contribution in [1.82, 2.24) is 4.90 Å². The highest BCUT2D eigenvalue weighted by Gasteiger charge is 2.06. The van der Waals surface area contributed by atoms with E-state index >= 15 is 0 Å². The van der Waals surface area contributed by atoms with Crippen molar-refractivity contribution in [3.63, 3.8) is 0 Å². The van der Waals surface area contributed by atoms with Crippen molar-refractivity contribution >= 4 is 23.0 Å². The van der Waals surface area contributed by atoms with Crippen LogP contribution in [0.3, 0.4) is 0 Å². The molecule has 0 aliphatic rings. The molecule has 0 fully saturated rings. The summed E-state index contributed by atoms with van der Waals surface area (Å²) in [5, 5.41) is 1.02. The molecule has 0 atom stereocenters. The standard InChI is InChI=1S/C20H19NO3/c1-21(13-14-23-17-8-3-2-4-9-17)20(22)12-11-18-15-16-7-5-6-10-19(16)24-18/h2-12,15H,13-14H2,1H3/b12-11+. The maximum atomic E-state index is 12.1. The Hall–Kier alpha value is -3.01. The summed E-state index contributed by atoms with van der Waals surface area (Å²) < 4.78 is 11.2. The Morgan fingerprint density at radius 2 is 1.88 bits per heavy atom. The van der Waals surface area contributed by atoms with Crippen LogP contribution in [0.2, 0.25) is 0 Å². The Labute approximate surface area is 140 Å². The molecule has 1 amide bonds. The fourth-order valence-corrected chi connectivity index (χ4v) is 2.29. The molecule has 24 heavy (non-hydrogen) atoms. The summed E-state index contributed by atoms with van der Waals surface area (Å²) in [6.07, 6.45) is 3.21. The minimum Gasteiger partial charge on any atom is -0.492 e. The van der Waals surface area contributed by atoms with Crippen LogP contribution in [0.5, 0.6) is 5.75 Å². The van der Waals surface area contributed by atoms with Gasteiger partial charge in [0.25, 0.3) is 0 Å². The second kappa shape index (κ2) is 7.51. The van der Waals surface area contributed by atoms with Crippen LogP contribution in [0.25, 0.3) is 17.0 Å². The Morgan fingerprint density at radius 1 is 1.12 bits per heavy atom. The number of hydrogen-bond donors (Lipinski definition) is 0. The predicted molar refractivity (Wildman–Crippen MR) is 94.8 cm³/mol. The van der Waals surface area contributed by atoms with Crippen LogP contribution in [0.4, 0.5) is 0 Å². The zero-order valence-electron chi connectivity index (χ0n) is 13.5. The van der Waals surface area contributed by atoms with E-state index in [9.17, 15) is 4.79 Å². The first-order valence-corrected chi connectivity index (χ1v) is 7.82. The first kappa shape index (κ1) is 15.9. The minimum absolute atomic E-state index is 0.0906. The molecule has 122 valence electrons. The van der Waals surface area contributed by atoms with Crippen molar-refractivity contribution in [2.45, 2.75) is 0 Å². The van der Waals surface area contributed by atoms with Crippen molar-refractivity contribution < 1.29 is 13.9 Å². The Kier molecular flexibility index (Phi) is 4.96. The lowest BCUT2D eigenvalue weighted by atomic mass is 10.2. The molecule has 4 nitrogen and oxygen atoms in total. The first-order valence-electron chi connectivity index (χ1n) is 7.82. The van der Waals surface area contributed by atoms with E-state index in [4.69, 9.17) is 9.15 Å². The van der Waals surface area contributed by atoms with Crippen LogP contribution in [-0.2, 0) is 4.79 Å². The van der Waals surface area contributed by atoms with Crippen molar-refractivity contribution in [1.29, 1.82) is 0 Å². The summed E-state index contributed by atoms with van der Waals surface area (Å²) in [7, 11) is 1.75. The molecule has 2 aromatic carbocycles. The first-order chi connectivity index (χ1) is 11.7. The maximum absolute atomic E-state index is 12.1. The van der Waals surface area contributed by atoms with Crippen molar-refractivity contribution in [2.75, 3.05) is 20.2 Å². The number of carbonyl (C=O) groups is 1. The lowest BCUT2D eigenvalue weighted by Crippen LogP contribution is -2.29. The molecule has 3 aromatic rings. The van der Waals surface area contributed by atoms with E-state index < -0.39 is 0 Å². The Bertz CT molecular complexity index is 803. The average Bonchev–Trinajstić information content (AvgIpc) is 3.03. The van der Waals surface area contributed by atoms with Crippen LogP contribution in [0.1, 0.15) is 5.76 Å². The number of hydrogen-bond acceptors (Lipinski definition) is 3. The molecule has 0 radical (unpaired) electrons. The lowest BCUT2D eigenvalue weighted by Gasteiger charge is -2.15. The van der Waals surface area contributed by atoms with Gasteiger partial charge in [-0.3, -0.25) is 4.79 Å². The number of likely N-dealkylation sites (N-methyl/N-ethyl adjacent to an activating group) is 1. The second-order valence-corrected chi connectivity index (χ2v) is 5.44. The molecule has 0 spiro atoms.